The molecule has 0 bridgehead atoms. The zero-order chi connectivity index (χ0) is 27.9. The molecule has 200 valence electrons. The third kappa shape index (κ3) is 5.85. The Hall–Kier alpha value is -5.25. The molecule has 0 fully saturated rings. The van der Waals surface area contributed by atoms with Crippen LogP contribution in [-0.4, -0.2) is 45.1 Å². The summed E-state index contributed by atoms with van der Waals surface area (Å²) in [6.45, 7) is 0. The maximum atomic E-state index is 13.4. The largest absolute Gasteiger partial charge is 0.493 e. The summed E-state index contributed by atoms with van der Waals surface area (Å²) in [5, 5.41) is 2.74. The van der Waals surface area contributed by atoms with Crippen LogP contribution in [0.4, 0.5) is 11.4 Å². The number of nitrogens with one attached hydrogen (secondary N) is 1. The minimum absolute atomic E-state index is 0.196. The summed E-state index contributed by atoms with van der Waals surface area (Å²) in [5.74, 6) is 1.26. The van der Waals surface area contributed by atoms with Gasteiger partial charge in [0.15, 0.2) is 28.8 Å². The van der Waals surface area contributed by atoms with Crippen molar-refractivity contribution in [2.45, 2.75) is 0 Å². The molecule has 0 aliphatic heterocycles. The Balaban J connectivity index is 1.57. The van der Waals surface area contributed by atoms with Gasteiger partial charge in [-0.1, -0.05) is 12.1 Å². The zero-order valence-corrected chi connectivity index (χ0v) is 21.8. The first-order chi connectivity index (χ1) is 18.9. The van der Waals surface area contributed by atoms with Gasteiger partial charge in [-0.15, -0.1) is 0 Å². The quantitative estimate of drug-likeness (QED) is 0.216. The lowest BCUT2D eigenvalue weighted by Crippen LogP contribution is -2.13. The number of para-hydroxylation sites is 2. The van der Waals surface area contributed by atoms with Crippen LogP contribution in [0.3, 0.4) is 0 Å². The van der Waals surface area contributed by atoms with Crippen LogP contribution >= 0.6 is 0 Å². The smallest absolute Gasteiger partial charge is 0.257 e. The fourth-order valence-corrected chi connectivity index (χ4v) is 3.77. The summed E-state index contributed by atoms with van der Waals surface area (Å²) in [4.78, 5) is 30.2. The summed E-state index contributed by atoms with van der Waals surface area (Å²) in [7, 11) is 5.92. The molecule has 0 radical (unpaired) electrons. The molecular weight excluding hydrogens is 502 g/mol. The number of amides is 1. The second kappa shape index (κ2) is 11.9. The Bertz CT molecular complexity index is 1480. The van der Waals surface area contributed by atoms with Gasteiger partial charge < -0.3 is 34.7 Å². The first-order valence-electron chi connectivity index (χ1n) is 11.7. The number of ketones is 1. The number of carbonyl (C=O) groups excluding carboxylic acids is 2. The zero-order valence-electron chi connectivity index (χ0n) is 21.8. The van der Waals surface area contributed by atoms with Crippen molar-refractivity contribution in [3.05, 3.63) is 89.6 Å². The lowest BCUT2D eigenvalue weighted by molar-refractivity contribution is 0.102. The van der Waals surface area contributed by atoms with Gasteiger partial charge >= 0.3 is 0 Å². The molecule has 39 heavy (non-hydrogen) atoms. The molecule has 4 rings (SSSR count). The normalized spacial score (nSPS) is 10.4. The van der Waals surface area contributed by atoms with Crippen LogP contribution in [0.5, 0.6) is 34.6 Å². The van der Waals surface area contributed by atoms with E-state index in [9.17, 15) is 9.59 Å². The van der Waals surface area contributed by atoms with E-state index in [2.05, 4.69) is 10.3 Å². The highest BCUT2D eigenvalue weighted by molar-refractivity contribution is 6.10. The van der Waals surface area contributed by atoms with E-state index in [-0.39, 0.29) is 23.3 Å². The minimum atomic E-state index is -0.373. The van der Waals surface area contributed by atoms with Crippen molar-refractivity contribution in [2.75, 3.05) is 39.5 Å². The van der Waals surface area contributed by atoms with E-state index < -0.39 is 0 Å². The van der Waals surface area contributed by atoms with E-state index in [1.54, 1.807) is 60.7 Å². The van der Waals surface area contributed by atoms with Crippen molar-refractivity contribution in [1.29, 1.82) is 0 Å². The third-order valence-corrected chi connectivity index (χ3v) is 5.77. The van der Waals surface area contributed by atoms with Crippen LogP contribution in [0.25, 0.3) is 0 Å². The number of rotatable bonds is 10. The molecule has 0 saturated carbocycles. The Morgan fingerprint density at radius 2 is 1.36 bits per heavy atom. The minimum Gasteiger partial charge on any atom is -0.493 e. The first kappa shape index (κ1) is 26.8. The standard InChI is InChI=1S/C29H27N3O7/c1-35-22-11-9-17(27(33)19-14-24(36-2)28(38-4)25(15-19)37-3)13-23(22)39-26-12-10-18(16-31-26)29(34)32-21-8-6-5-7-20(21)30/h5-16H,30H2,1-4H3,(H,32,34). The summed E-state index contributed by atoms with van der Waals surface area (Å²) in [6, 6.07) is 18.0. The number of hydrogen-bond acceptors (Lipinski definition) is 9. The molecule has 3 aromatic carbocycles. The monoisotopic (exact) mass is 529 g/mol. The molecule has 3 N–H and O–H groups in total. The Morgan fingerprint density at radius 3 is 1.95 bits per heavy atom. The number of methoxy groups -OCH3 is 4. The van der Waals surface area contributed by atoms with E-state index in [0.29, 0.717) is 51.1 Å². The van der Waals surface area contributed by atoms with Gasteiger partial charge in [-0.2, -0.15) is 0 Å². The van der Waals surface area contributed by atoms with Gasteiger partial charge in [0.1, 0.15) is 0 Å². The number of benzene rings is 3. The second-order valence-corrected chi connectivity index (χ2v) is 8.14. The molecular formula is C29H27N3O7. The lowest BCUT2D eigenvalue weighted by Gasteiger charge is -2.14. The maximum Gasteiger partial charge on any atom is 0.257 e. The van der Waals surface area contributed by atoms with Crippen molar-refractivity contribution < 1.29 is 33.3 Å². The van der Waals surface area contributed by atoms with Crippen molar-refractivity contribution in [2.24, 2.45) is 0 Å². The molecule has 4 aromatic rings. The molecule has 10 heteroatoms. The highest BCUT2D eigenvalue weighted by Crippen LogP contribution is 2.39. The van der Waals surface area contributed by atoms with Crippen molar-refractivity contribution in [3.8, 4) is 34.6 Å². The molecule has 0 aliphatic rings. The highest BCUT2D eigenvalue weighted by atomic mass is 16.5. The average Bonchev–Trinajstić information content (AvgIpc) is 2.97. The molecule has 1 aromatic heterocycles. The SMILES string of the molecule is COc1ccc(C(=O)c2cc(OC)c(OC)c(OC)c2)cc1Oc1ccc(C(=O)Nc2ccccc2N)cn1. The fraction of sp³-hybridized carbons (Fsp3) is 0.138. The lowest BCUT2D eigenvalue weighted by atomic mass is 10.0. The van der Waals surface area contributed by atoms with Gasteiger partial charge in [-0.05, 0) is 48.5 Å². The molecule has 0 aliphatic carbocycles. The van der Waals surface area contributed by atoms with Crippen LogP contribution in [0.15, 0.2) is 72.9 Å². The average molecular weight is 530 g/mol. The maximum absolute atomic E-state index is 13.4. The van der Waals surface area contributed by atoms with Gasteiger partial charge in [0, 0.05) is 23.4 Å². The molecule has 1 heterocycles. The van der Waals surface area contributed by atoms with Gasteiger partial charge in [-0.25, -0.2) is 4.98 Å². The summed E-state index contributed by atoms with van der Waals surface area (Å²) < 4.78 is 27.4. The Labute approximate surface area is 225 Å². The number of nitrogens with two attached hydrogens (primary N) is 1. The van der Waals surface area contributed by atoms with Crippen LogP contribution in [0.1, 0.15) is 26.3 Å². The first-order valence-corrected chi connectivity index (χ1v) is 11.7. The van der Waals surface area contributed by atoms with Crippen LogP contribution in [-0.2, 0) is 0 Å². The van der Waals surface area contributed by atoms with Crippen LogP contribution in [0, 0.1) is 0 Å². The Kier molecular flexibility index (Phi) is 8.15. The molecule has 0 spiro atoms. The fourth-order valence-electron chi connectivity index (χ4n) is 3.77. The number of anilines is 2. The number of carbonyl (C=O) groups is 2. The number of aromatic nitrogens is 1. The summed E-state index contributed by atoms with van der Waals surface area (Å²) >= 11 is 0. The highest BCUT2D eigenvalue weighted by Gasteiger charge is 2.20. The predicted molar refractivity (Wildman–Crippen MR) is 146 cm³/mol. The van der Waals surface area contributed by atoms with Gasteiger partial charge in [0.05, 0.1) is 45.4 Å². The number of nitrogens with zero attached hydrogens (tertiary/aromatic N) is 1. The topological polar surface area (TPSA) is 131 Å². The molecule has 10 nitrogen and oxygen atoms in total. The number of nitrogen functional groups attached to an aromatic ring is 1. The molecule has 0 atom stereocenters. The van der Waals surface area contributed by atoms with E-state index in [4.69, 9.17) is 29.4 Å². The van der Waals surface area contributed by atoms with Gasteiger partial charge in [0.2, 0.25) is 11.6 Å². The number of hydrogen-bond donors (Lipinski definition) is 2. The van der Waals surface area contributed by atoms with Crippen molar-refractivity contribution in [1.82, 2.24) is 4.98 Å². The summed E-state index contributed by atoms with van der Waals surface area (Å²) in [6.07, 6.45) is 1.38. The number of ether oxygens (including phenoxy) is 5. The van der Waals surface area contributed by atoms with Gasteiger partial charge in [-0.3, -0.25) is 9.59 Å². The van der Waals surface area contributed by atoms with Crippen molar-refractivity contribution >= 4 is 23.1 Å². The van der Waals surface area contributed by atoms with Crippen LogP contribution in [0.2, 0.25) is 0 Å². The van der Waals surface area contributed by atoms with Crippen molar-refractivity contribution in [3.63, 3.8) is 0 Å². The van der Waals surface area contributed by atoms with E-state index in [1.165, 1.54) is 40.7 Å². The van der Waals surface area contributed by atoms with Gasteiger partial charge in [0.25, 0.3) is 5.91 Å². The van der Waals surface area contributed by atoms with Crippen LogP contribution < -0.4 is 34.7 Å². The molecule has 0 unspecified atom stereocenters. The summed E-state index contributed by atoms with van der Waals surface area (Å²) in [5.41, 5.74) is 7.81. The molecule has 1 amide bonds. The predicted octanol–water partition coefficient (Wildman–Crippen LogP) is 4.97. The second-order valence-electron chi connectivity index (χ2n) is 8.14. The number of pyridine rings is 1. The molecule has 0 saturated heterocycles. The van der Waals surface area contributed by atoms with E-state index >= 15 is 0 Å². The van der Waals surface area contributed by atoms with E-state index in [1.807, 2.05) is 0 Å². The van der Waals surface area contributed by atoms with E-state index in [0.717, 1.165) is 0 Å². The Morgan fingerprint density at radius 1 is 0.718 bits per heavy atom. The third-order valence-electron chi connectivity index (χ3n) is 5.77.